The van der Waals surface area contributed by atoms with Gasteiger partial charge in [0.1, 0.15) is 0 Å². The zero-order chi connectivity index (χ0) is 11.2. The van der Waals surface area contributed by atoms with Crippen LogP contribution in [0.4, 0.5) is 0 Å². The van der Waals surface area contributed by atoms with E-state index in [2.05, 4.69) is 11.3 Å². The monoisotopic (exact) mass is 222 g/mol. The minimum Gasteiger partial charge on any atom is -0.443 e. The molecule has 82 valence electrons. The summed E-state index contributed by atoms with van der Waals surface area (Å²) in [5.74, 6) is -0.658. The molecule has 0 aliphatic rings. The van der Waals surface area contributed by atoms with Crippen LogP contribution in [0.1, 0.15) is 26.2 Å². The number of rotatable bonds is 6. The molecule has 1 N–H and O–H groups in total. The summed E-state index contributed by atoms with van der Waals surface area (Å²) in [6, 6.07) is 0. The van der Waals surface area contributed by atoms with Gasteiger partial charge in [0.25, 0.3) is 0 Å². The van der Waals surface area contributed by atoms with Crippen LogP contribution in [0, 0.1) is 0 Å². The van der Waals surface area contributed by atoms with E-state index in [0.717, 1.165) is 0 Å². The normalized spacial score (nSPS) is 13.3. The summed E-state index contributed by atoms with van der Waals surface area (Å²) >= 11 is 0. The number of hydrogen-bond acceptors (Lipinski definition) is 4. The summed E-state index contributed by atoms with van der Waals surface area (Å²) in [6.07, 6.45) is 2.03. The molecule has 0 fully saturated rings. The van der Waals surface area contributed by atoms with Gasteiger partial charge in [0.05, 0.1) is 0 Å². The van der Waals surface area contributed by atoms with Crippen LogP contribution in [-0.2, 0) is 19.6 Å². The smallest absolute Gasteiger partial charge is 0.307 e. The Kier molecular flexibility index (Phi) is 5.40. The highest BCUT2D eigenvalue weighted by Gasteiger charge is 2.24. The van der Waals surface area contributed by atoms with Gasteiger partial charge in [-0.2, -0.15) is 8.42 Å². The van der Waals surface area contributed by atoms with Gasteiger partial charge in [-0.25, -0.2) is 0 Å². The van der Waals surface area contributed by atoms with Crippen molar-refractivity contribution in [2.45, 2.75) is 31.6 Å². The lowest BCUT2D eigenvalue weighted by molar-refractivity contribution is -0.145. The fourth-order valence-corrected chi connectivity index (χ4v) is 1.43. The van der Waals surface area contributed by atoms with Crippen molar-refractivity contribution in [1.29, 1.82) is 0 Å². The molecular weight excluding hydrogens is 208 g/mol. The first-order valence-corrected chi connectivity index (χ1v) is 5.68. The largest absolute Gasteiger partial charge is 0.443 e. The molecule has 0 heterocycles. The van der Waals surface area contributed by atoms with Crippen LogP contribution >= 0.6 is 0 Å². The zero-order valence-corrected chi connectivity index (χ0v) is 8.79. The number of esters is 1. The first-order valence-electron chi connectivity index (χ1n) is 4.18. The van der Waals surface area contributed by atoms with Crippen molar-refractivity contribution in [3.63, 3.8) is 0 Å². The van der Waals surface area contributed by atoms with Gasteiger partial charge in [-0.05, 0) is 12.8 Å². The Morgan fingerprint density at radius 2 is 2.21 bits per heavy atom. The minimum atomic E-state index is -4.30. The molecule has 0 aromatic carbocycles. The molecule has 0 rings (SSSR count). The molecule has 0 aromatic heterocycles. The van der Waals surface area contributed by atoms with Gasteiger partial charge in [-0.15, -0.1) is 6.58 Å². The maximum absolute atomic E-state index is 11.0. The Morgan fingerprint density at radius 3 is 2.57 bits per heavy atom. The second kappa shape index (κ2) is 5.77. The van der Waals surface area contributed by atoms with E-state index >= 15 is 0 Å². The highest BCUT2D eigenvalue weighted by molar-refractivity contribution is 7.86. The van der Waals surface area contributed by atoms with Crippen molar-refractivity contribution in [3.05, 3.63) is 12.7 Å². The average molecular weight is 222 g/mol. The maximum Gasteiger partial charge on any atom is 0.307 e. The van der Waals surface area contributed by atoms with Crippen molar-refractivity contribution in [2.75, 3.05) is 0 Å². The standard InChI is InChI=1S/C8H14O5S/c1-3-5-6-7(9)13-8(4-2)14(10,11)12/h3,8H,1,4-6H2,2H3,(H,10,11,12). The summed E-state index contributed by atoms with van der Waals surface area (Å²) < 4.78 is 34.4. The number of hydrogen-bond donors (Lipinski definition) is 1. The van der Waals surface area contributed by atoms with Crippen molar-refractivity contribution < 1.29 is 22.5 Å². The first kappa shape index (κ1) is 13.1. The maximum atomic E-state index is 11.0. The van der Waals surface area contributed by atoms with E-state index in [0.29, 0.717) is 6.42 Å². The van der Waals surface area contributed by atoms with Crippen LogP contribution in [0.2, 0.25) is 0 Å². The van der Waals surface area contributed by atoms with E-state index in [-0.39, 0.29) is 12.8 Å². The first-order chi connectivity index (χ1) is 6.41. The van der Waals surface area contributed by atoms with Crippen LogP contribution in [-0.4, -0.2) is 24.4 Å². The van der Waals surface area contributed by atoms with Crippen LogP contribution in [0.5, 0.6) is 0 Å². The van der Waals surface area contributed by atoms with E-state index < -0.39 is 21.5 Å². The van der Waals surface area contributed by atoms with E-state index in [1.165, 1.54) is 13.0 Å². The second-order valence-electron chi connectivity index (χ2n) is 2.67. The van der Waals surface area contributed by atoms with E-state index in [1.807, 2.05) is 0 Å². The molecule has 0 aliphatic heterocycles. The molecule has 0 saturated carbocycles. The fraction of sp³-hybridized carbons (Fsp3) is 0.625. The van der Waals surface area contributed by atoms with Crippen LogP contribution in [0.15, 0.2) is 12.7 Å². The molecular formula is C8H14O5S. The van der Waals surface area contributed by atoms with Gasteiger partial charge in [0.2, 0.25) is 5.44 Å². The Hall–Kier alpha value is -0.880. The summed E-state index contributed by atoms with van der Waals surface area (Å²) in [5, 5.41) is 0. The second-order valence-corrected chi connectivity index (χ2v) is 4.23. The highest BCUT2D eigenvalue weighted by Crippen LogP contribution is 2.07. The number of allylic oxidation sites excluding steroid dienone is 1. The Balaban J connectivity index is 4.20. The Labute approximate surface area is 83.5 Å². The molecule has 0 spiro atoms. The lowest BCUT2D eigenvalue weighted by Gasteiger charge is -2.12. The molecule has 0 aromatic rings. The molecule has 0 amide bonds. The number of carbonyl (C=O) groups excluding carboxylic acids is 1. The van der Waals surface area contributed by atoms with Crippen molar-refractivity contribution in [3.8, 4) is 0 Å². The van der Waals surface area contributed by atoms with Crippen LogP contribution in [0.25, 0.3) is 0 Å². The van der Waals surface area contributed by atoms with Crippen LogP contribution in [0.3, 0.4) is 0 Å². The zero-order valence-electron chi connectivity index (χ0n) is 7.97. The molecule has 1 unspecified atom stereocenters. The molecule has 14 heavy (non-hydrogen) atoms. The Bertz CT molecular complexity index is 293. The van der Waals surface area contributed by atoms with Crippen molar-refractivity contribution >= 4 is 16.1 Å². The number of ether oxygens (including phenoxy) is 1. The topological polar surface area (TPSA) is 80.7 Å². The third kappa shape index (κ3) is 4.98. The summed E-state index contributed by atoms with van der Waals surface area (Å²) in [6.45, 7) is 4.90. The summed E-state index contributed by atoms with van der Waals surface area (Å²) in [5.41, 5.74) is -1.46. The third-order valence-electron chi connectivity index (χ3n) is 1.48. The van der Waals surface area contributed by atoms with E-state index in [9.17, 15) is 13.2 Å². The molecule has 0 radical (unpaired) electrons. The molecule has 0 saturated heterocycles. The van der Waals surface area contributed by atoms with Crippen molar-refractivity contribution in [1.82, 2.24) is 0 Å². The lowest BCUT2D eigenvalue weighted by Crippen LogP contribution is -2.26. The third-order valence-corrected chi connectivity index (χ3v) is 2.58. The van der Waals surface area contributed by atoms with Crippen molar-refractivity contribution in [2.24, 2.45) is 0 Å². The minimum absolute atomic E-state index is 0.0265. The molecule has 0 bridgehead atoms. The van der Waals surface area contributed by atoms with Gasteiger partial charge in [-0.3, -0.25) is 9.35 Å². The molecule has 0 aliphatic carbocycles. The van der Waals surface area contributed by atoms with Gasteiger partial charge in [-0.1, -0.05) is 13.0 Å². The van der Waals surface area contributed by atoms with Gasteiger partial charge < -0.3 is 4.74 Å². The molecule has 1 atom stereocenters. The Morgan fingerprint density at radius 1 is 1.64 bits per heavy atom. The summed E-state index contributed by atoms with van der Waals surface area (Å²) in [7, 11) is -4.30. The van der Waals surface area contributed by atoms with Crippen LogP contribution < -0.4 is 0 Å². The van der Waals surface area contributed by atoms with Gasteiger partial charge in [0.15, 0.2) is 0 Å². The molecule has 6 heteroatoms. The quantitative estimate of drug-likeness (QED) is 0.414. The van der Waals surface area contributed by atoms with Gasteiger partial charge >= 0.3 is 16.1 Å². The van der Waals surface area contributed by atoms with E-state index in [4.69, 9.17) is 4.55 Å². The summed E-state index contributed by atoms with van der Waals surface area (Å²) in [4.78, 5) is 11.0. The van der Waals surface area contributed by atoms with E-state index in [1.54, 1.807) is 0 Å². The van der Waals surface area contributed by atoms with Gasteiger partial charge in [0, 0.05) is 6.42 Å². The lowest BCUT2D eigenvalue weighted by atomic mass is 10.3. The number of carbonyl (C=O) groups is 1. The fourth-order valence-electron chi connectivity index (χ4n) is 0.780. The highest BCUT2D eigenvalue weighted by atomic mass is 32.2. The molecule has 5 nitrogen and oxygen atoms in total. The predicted octanol–water partition coefficient (Wildman–Crippen LogP) is 1.12. The average Bonchev–Trinajstić information content (AvgIpc) is 2.08. The predicted molar refractivity (Wildman–Crippen MR) is 51.2 cm³/mol. The SMILES string of the molecule is C=CCCC(=O)OC(CC)S(=O)(=O)O.